The second-order valence-electron chi connectivity index (χ2n) is 8.48. The number of rotatable bonds is 7. The minimum absolute atomic E-state index is 0.173. The Morgan fingerprint density at radius 2 is 1.96 bits per heavy atom. The third-order valence-corrected chi connectivity index (χ3v) is 5.81. The van der Waals surface area contributed by atoms with E-state index < -0.39 is 0 Å². The van der Waals surface area contributed by atoms with Gasteiger partial charge in [-0.3, -0.25) is 9.69 Å². The number of carbonyl (C=O) groups is 1. The second-order valence-corrected chi connectivity index (χ2v) is 8.48. The summed E-state index contributed by atoms with van der Waals surface area (Å²) in [6.45, 7) is 3.06. The van der Waals surface area contributed by atoms with Gasteiger partial charge in [-0.25, -0.2) is 9.97 Å². The first kappa shape index (κ1) is 21.0. The number of nitrogens with zero attached hydrogens (tertiary/aromatic N) is 4. The summed E-state index contributed by atoms with van der Waals surface area (Å²) in [5.41, 5.74) is 1.02. The highest BCUT2D eigenvalue weighted by Crippen LogP contribution is 2.26. The minimum Gasteiger partial charge on any atom is -0.363 e. The molecule has 28 heavy (non-hydrogen) atoms. The molecule has 1 aromatic heterocycles. The SMILES string of the molecule is CNCc1cc(N(C)C)nc([C@H]2CCCN(CC(=O)NC3CCCCC3)C2)n1. The van der Waals surface area contributed by atoms with Crippen LogP contribution in [-0.4, -0.2) is 67.6 Å². The Bertz CT molecular complexity index is 644. The molecule has 1 saturated carbocycles. The molecule has 1 saturated heterocycles. The van der Waals surface area contributed by atoms with Gasteiger partial charge in [-0.15, -0.1) is 0 Å². The van der Waals surface area contributed by atoms with E-state index in [1.165, 1.54) is 19.3 Å². The van der Waals surface area contributed by atoms with Gasteiger partial charge in [0.05, 0.1) is 12.2 Å². The summed E-state index contributed by atoms with van der Waals surface area (Å²) >= 11 is 0. The predicted molar refractivity (Wildman–Crippen MR) is 113 cm³/mol. The average molecular weight is 389 g/mol. The molecule has 2 aliphatic rings. The molecule has 0 bridgehead atoms. The Morgan fingerprint density at radius 1 is 1.18 bits per heavy atom. The fourth-order valence-electron chi connectivity index (χ4n) is 4.32. The molecule has 3 rings (SSSR count). The third-order valence-electron chi connectivity index (χ3n) is 5.81. The second kappa shape index (κ2) is 10.2. The fraction of sp³-hybridized carbons (Fsp3) is 0.762. The van der Waals surface area contributed by atoms with Gasteiger partial charge in [0.15, 0.2) is 0 Å². The van der Waals surface area contributed by atoms with E-state index in [1.54, 1.807) is 0 Å². The quantitative estimate of drug-likeness (QED) is 0.743. The molecule has 1 aliphatic carbocycles. The Kier molecular flexibility index (Phi) is 7.62. The van der Waals surface area contributed by atoms with Crippen molar-refractivity contribution in [1.29, 1.82) is 0 Å². The molecule has 156 valence electrons. The molecule has 1 aliphatic heterocycles. The van der Waals surface area contributed by atoms with Crippen LogP contribution in [0.1, 0.15) is 62.4 Å². The monoisotopic (exact) mass is 388 g/mol. The van der Waals surface area contributed by atoms with Crippen LogP contribution in [0.25, 0.3) is 0 Å². The van der Waals surface area contributed by atoms with Crippen LogP contribution in [0, 0.1) is 0 Å². The summed E-state index contributed by atoms with van der Waals surface area (Å²) in [6, 6.07) is 2.42. The number of likely N-dealkylation sites (tertiary alicyclic amines) is 1. The zero-order valence-corrected chi connectivity index (χ0v) is 17.7. The molecule has 0 radical (unpaired) electrons. The van der Waals surface area contributed by atoms with Crippen molar-refractivity contribution in [2.45, 2.75) is 63.5 Å². The van der Waals surface area contributed by atoms with Crippen molar-refractivity contribution in [3.63, 3.8) is 0 Å². The lowest BCUT2D eigenvalue weighted by Crippen LogP contribution is -2.45. The Morgan fingerprint density at radius 3 is 2.68 bits per heavy atom. The van der Waals surface area contributed by atoms with Gasteiger partial charge in [-0.1, -0.05) is 19.3 Å². The van der Waals surface area contributed by atoms with Crippen LogP contribution >= 0.6 is 0 Å². The number of piperidine rings is 1. The zero-order chi connectivity index (χ0) is 19.9. The summed E-state index contributed by atoms with van der Waals surface area (Å²) in [7, 11) is 5.96. The van der Waals surface area contributed by atoms with Crippen LogP contribution in [0.3, 0.4) is 0 Å². The standard InChI is InChI=1S/C21H36N6O/c1-22-13-18-12-19(26(2)3)25-21(24-18)16-8-7-11-27(14-16)15-20(28)23-17-9-5-4-6-10-17/h12,16-17,22H,4-11,13-15H2,1-3H3,(H,23,28)/t16-/m0/s1. The van der Waals surface area contributed by atoms with Gasteiger partial charge < -0.3 is 15.5 Å². The molecule has 1 atom stereocenters. The lowest BCUT2D eigenvalue weighted by Gasteiger charge is -2.32. The first-order valence-corrected chi connectivity index (χ1v) is 10.8. The van der Waals surface area contributed by atoms with E-state index in [4.69, 9.17) is 9.97 Å². The van der Waals surface area contributed by atoms with Gasteiger partial charge in [0.2, 0.25) is 5.91 Å². The normalized spacial score (nSPS) is 21.5. The van der Waals surface area contributed by atoms with Crippen LogP contribution in [0.4, 0.5) is 5.82 Å². The van der Waals surface area contributed by atoms with Crippen molar-refractivity contribution >= 4 is 11.7 Å². The largest absolute Gasteiger partial charge is 0.363 e. The lowest BCUT2D eigenvalue weighted by molar-refractivity contribution is -0.123. The highest BCUT2D eigenvalue weighted by molar-refractivity contribution is 5.78. The van der Waals surface area contributed by atoms with Crippen molar-refractivity contribution in [2.24, 2.45) is 0 Å². The summed E-state index contributed by atoms with van der Waals surface area (Å²) in [4.78, 5) is 26.4. The maximum absolute atomic E-state index is 12.5. The van der Waals surface area contributed by atoms with Crippen LogP contribution < -0.4 is 15.5 Å². The predicted octanol–water partition coefficient (Wildman–Crippen LogP) is 1.89. The zero-order valence-electron chi connectivity index (χ0n) is 17.7. The maximum Gasteiger partial charge on any atom is 0.234 e. The number of aromatic nitrogens is 2. The summed E-state index contributed by atoms with van der Waals surface area (Å²) < 4.78 is 0. The molecule has 1 amide bonds. The van der Waals surface area contributed by atoms with Crippen LogP contribution in [0.2, 0.25) is 0 Å². The Hall–Kier alpha value is -1.73. The van der Waals surface area contributed by atoms with Crippen LogP contribution in [0.5, 0.6) is 0 Å². The number of anilines is 1. The number of nitrogens with one attached hydrogen (secondary N) is 2. The Balaban J connectivity index is 1.61. The molecule has 7 heteroatoms. The van der Waals surface area contributed by atoms with Gasteiger partial charge in [-0.05, 0) is 39.3 Å². The lowest BCUT2D eigenvalue weighted by atomic mass is 9.95. The van der Waals surface area contributed by atoms with Crippen LogP contribution in [0.15, 0.2) is 6.07 Å². The molecule has 7 nitrogen and oxygen atoms in total. The molecule has 2 fully saturated rings. The van der Waals surface area contributed by atoms with Crippen molar-refractivity contribution < 1.29 is 4.79 Å². The molecule has 0 spiro atoms. The van der Waals surface area contributed by atoms with Crippen molar-refractivity contribution in [2.75, 3.05) is 45.7 Å². The van der Waals surface area contributed by atoms with E-state index in [1.807, 2.05) is 32.1 Å². The molecule has 1 aromatic rings. The van der Waals surface area contributed by atoms with Crippen LogP contribution in [-0.2, 0) is 11.3 Å². The topological polar surface area (TPSA) is 73.4 Å². The average Bonchev–Trinajstić information content (AvgIpc) is 2.69. The fourth-order valence-corrected chi connectivity index (χ4v) is 4.32. The van der Waals surface area contributed by atoms with Crippen molar-refractivity contribution in [3.8, 4) is 0 Å². The highest BCUT2D eigenvalue weighted by Gasteiger charge is 2.26. The van der Waals surface area contributed by atoms with Crippen molar-refractivity contribution in [3.05, 3.63) is 17.6 Å². The molecule has 2 heterocycles. The summed E-state index contributed by atoms with van der Waals surface area (Å²) in [5.74, 6) is 2.31. The van der Waals surface area contributed by atoms with E-state index in [-0.39, 0.29) is 11.8 Å². The maximum atomic E-state index is 12.5. The van der Waals surface area contributed by atoms with E-state index in [9.17, 15) is 4.79 Å². The first-order valence-electron chi connectivity index (χ1n) is 10.8. The van der Waals surface area contributed by atoms with Gasteiger partial charge in [-0.2, -0.15) is 0 Å². The molecule has 2 N–H and O–H groups in total. The van der Waals surface area contributed by atoms with Gasteiger partial charge in [0.25, 0.3) is 0 Å². The minimum atomic E-state index is 0.173. The summed E-state index contributed by atoms with van der Waals surface area (Å²) in [6.07, 6.45) is 8.22. The third kappa shape index (κ3) is 5.88. The van der Waals surface area contributed by atoms with Crippen molar-refractivity contribution in [1.82, 2.24) is 25.5 Å². The highest BCUT2D eigenvalue weighted by atomic mass is 16.2. The number of hydrogen-bond donors (Lipinski definition) is 2. The van der Waals surface area contributed by atoms with Gasteiger partial charge in [0, 0.05) is 45.2 Å². The van der Waals surface area contributed by atoms with Gasteiger partial charge >= 0.3 is 0 Å². The van der Waals surface area contributed by atoms with E-state index in [0.717, 1.165) is 62.7 Å². The molecule has 0 aromatic carbocycles. The molecule has 0 unspecified atom stereocenters. The molecular formula is C21H36N6O. The van der Waals surface area contributed by atoms with E-state index >= 15 is 0 Å². The van der Waals surface area contributed by atoms with Gasteiger partial charge in [0.1, 0.15) is 11.6 Å². The summed E-state index contributed by atoms with van der Waals surface area (Å²) in [5, 5.41) is 6.43. The Labute approximate surface area is 169 Å². The number of hydrogen-bond acceptors (Lipinski definition) is 6. The van der Waals surface area contributed by atoms with E-state index in [0.29, 0.717) is 12.6 Å². The smallest absolute Gasteiger partial charge is 0.234 e. The van der Waals surface area contributed by atoms with E-state index in [2.05, 4.69) is 15.5 Å². The molecular weight excluding hydrogens is 352 g/mol. The first-order chi connectivity index (χ1) is 13.5. The number of carbonyl (C=O) groups excluding carboxylic acids is 1. The number of amides is 1.